The van der Waals surface area contributed by atoms with Crippen LogP contribution in [0.1, 0.15) is 11.5 Å². The van der Waals surface area contributed by atoms with Crippen molar-refractivity contribution < 1.29 is 9.15 Å². The van der Waals surface area contributed by atoms with Gasteiger partial charge in [0.05, 0.1) is 13.1 Å². The Labute approximate surface area is 123 Å². The fourth-order valence-electron chi connectivity index (χ4n) is 2.22. The van der Waals surface area contributed by atoms with Crippen LogP contribution in [0.3, 0.4) is 0 Å². The SMILES string of the molecule is CN(CC1Cc2ccccc2O1)c1nnc(CN)o1.Cl. The van der Waals surface area contributed by atoms with Gasteiger partial charge in [-0.15, -0.1) is 17.5 Å². The topological polar surface area (TPSA) is 77.4 Å². The number of halogens is 1. The van der Waals surface area contributed by atoms with Crippen LogP contribution >= 0.6 is 12.4 Å². The van der Waals surface area contributed by atoms with Crippen LogP contribution in [0.25, 0.3) is 0 Å². The summed E-state index contributed by atoms with van der Waals surface area (Å²) >= 11 is 0. The molecule has 0 radical (unpaired) electrons. The zero-order valence-corrected chi connectivity index (χ0v) is 12.0. The molecule has 0 amide bonds. The highest BCUT2D eigenvalue weighted by atomic mass is 35.5. The van der Waals surface area contributed by atoms with E-state index in [1.165, 1.54) is 5.56 Å². The summed E-state index contributed by atoms with van der Waals surface area (Å²) in [5.41, 5.74) is 6.69. The van der Waals surface area contributed by atoms with Crippen molar-refractivity contribution in [1.29, 1.82) is 0 Å². The van der Waals surface area contributed by atoms with E-state index in [4.69, 9.17) is 14.9 Å². The van der Waals surface area contributed by atoms with Crippen molar-refractivity contribution in [2.24, 2.45) is 5.73 Å². The van der Waals surface area contributed by atoms with Crippen LogP contribution in [0.2, 0.25) is 0 Å². The lowest BCUT2D eigenvalue weighted by atomic mass is 10.1. The van der Waals surface area contributed by atoms with Crippen LogP contribution in [0.5, 0.6) is 5.75 Å². The molecule has 1 aliphatic heterocycles. The van der Waals surface area contributed by atoms with Crippen molar-refractivity contribution in [3.8, 4) is 5.75 Å². The number of anilines is 1. The molecule has 20 heavy (non-hydrogen) atoms. The summed E-state index contributed by atoms with van der Waals surface area (Å²) in [4.78, 5) is 1.89. The average Bonchev–Trinajstić information content (AvgIpc) is 3.04. The molecule has 0 aliphatic carbocycles. The smallest absolute Gasteiger partial charge is 0.318 e. The Morgan fingerprint density at radius 3 is 2.85 bits per heavy atom. The minimum atomic E-state index is 0. The molecule has 1 aliphatic rings. The summed E-state index contributed by atoms with van der Waals surface area (Å²) in [6.45, 7) is 0.951. The van der Waals surface area contributed by atoms with Gasteiger partial charge in [-0.05, 0) is 11.6 Å². The third-order valence-corrected chi connectivity index (χ3v) is 3.15. The molecule has 0 saturated heterocycles. The Hall–Kier alpha value is -1.79. The number of fused-ring (bicyclic) bond motifs is 1. The Kier molecular flexibility index (Phi) is 4.46. The molecule has 2 aromatic rings. The van der Waals surface area contributed by atoms with Crippen molar-refractivity contribution in [3.63, 3.8) is 0 Å². The van der Waals surface area contributed by atoms with Crippen molar-refractivity contribution in [3.05, 3.63) is 35.7 Å². The molecular weight excluding hydrogens is 280 g/mol. The Morgan fingerprint density at radius 2 is 2.15 bits per heavy atom. The van der Waals surface area contributed by atoms with Crippen molar-refractivity contribution in [1.82, 2.24) is 10.2 Å². The minimum Gasteiger partial charge on any atom is -0.488 e. The monoisotopic (exact) mass is 296 g/mol. The molecule has 1 aromatic carbocycles. The second-order valence-electron chi connectivity index (χ2n) is 4.61. The molecule has 1 atom stereocenters. The minimum absolute atomic E-state index is 0. The number of aromatic nitrogens is 2. The largest absolute Gasteiger partial charge is 0.488 e. The number of hydrogen-bond donors (Lipinski definition) is 1. The fraction of sp³-hybridized carbons (Fsp3) is 0.385. The third-order valence-electron chi connectivity index (χ3n) is 3.15. The first kappa shape index (κ1) is 14.6. The van der Waals surface area contributed by atoms with Crippen LogP contribution in [0.15, 0.2) is 28.7 Å². The third kappa shape index (κ3) is 2.86. The fourth-order valence-corrected chi connectivity index (χ4v) is 2.22. The maximum atomic E-state index is 5.88. The number of para-hydroxylation sites is 1. The van der Waals surface area contributed by atoms with Gasteiger partial charge in [0.15, 0.2) is 0 Å². The molecule has 2 heterocycles. The van der Waals surface area contributed by atoms with Gasteiger partial charge in [0.25, 0.3) is 0 Å². The normalized spacial score (nSPS) is 16.2. The first-order chi connectivity index (χ1) is 9.26. The summed E-state index contributed by atoms with van der Waals surface area (Å²) in [6.07, 6.45) is 1.01. The molecule has 108 valence electrons. The molecule has 1 aromatic heterocycles. The predicted octanol–water partition coefficient (Wildman–Crippen LogP) is 1.39. The summed E-state index contributed by atoms with van der Waals surface area (Å²) in [5, 5.41) is 7.80. The molecule has 1 unspecified atom stereocenters. The van der Waals surface area contributed by atoms with Crippen molar-refractivity contribution >= 4 is 18.4 Å². The van der Waals surface area contributed by atoms with E-state index in [0.717, 1.165) is 12.2 Å². The lowest BCUT2D eigenvalue weighted by molar-refractivity contribution is 0.237. The number of benzene rings is 1. The average molecular weight is 297 g/mol. The lowest BCUT2D eigenvalue weighted by Gasteiger charge is -2.18. The second-order valence-corrected chi connectivity index (χ2v) is 4.61. The van der Waals surface area contributed by atoms with Gasteiger partial charge in [-0.2, -0.15) is 0 Å². The van der Waals surface area contributed by atoms with Crippen LogP contribution < -0.4 is 15.4 Å². The lowest BCUT2D eigenvalue weighted by Crippen LogP contribution is -2.32. The van der Waals surface area contributed by atoms with Gasteiger partial charge in [0.1, 0.15) is 11.9 Å². The molecule has 2 N–H and O–H groups in total. The quantitative estimate of drug-likeness (QED) is 0.919. The van der Waals surface area contributed by atoms with Gasteiger partial charge >= 0.3 is 6.01 Å². The summed E-state index contributed by atoms with van der Waals surface area (Å²) in [7, 11) is 1.90. The van der Waals surface area contributed by atoms with E-state index in [-0.39, 0.29) is 25.1 Å². The number of nitrogens with zero attached hydrogens (tertiary/aromatic N) is 3. The van der Waals surface area contributed by atoms with E-state index in [1.807, 2.05) is 30.1 Å². The molecule has 6 nitrogen and oxygen atoms in total. The highest BCUT2D eigenvalue weighted by Crippen LogP contribution is 2.28. The van der Waals surface area contributed by atoms with Crippen LogP contribution in [-0.2, 0) is 13.0 Å². The van der Waals surface area contributed by atoms with E-state index in [0.29, 0.717) is 18.5 Å². The number of ether oxygens (including phenoxy) is 1. The van der Waals surface area contributed by atoms with Gasteiger partial charge in [-0.3, -0.25) is 0 Å². The van der Waals surface area contributed by atoms with Crippen LogP contribution in [-0.4, -0.2) is 29.9 Å². The molecule has 0 fully saturated rings. The van der Waals surface area contributed by atoms with E-state index in [1.54, 1.807) is 0 Å². The molecule has 7 heteroatoms. The summed E-state index contributed by atoms with van der Waals surface area (Å²) in [6, 6.07) is 8.57. The van der Waals surface area contributed by atoms with Crippen molar-refractivity contribution in [2.45, 2.75) is 19.1 Å². The molecule has 0 spiro atoms. The van der Waals surface area contributed by atoms with Gasteiger partial charge in [0.2, 0.25) is 5.89 Å². The summed E-state index contributed by atoms with van der Waals surface area (Å²) in [5.74, 6) is 1.41. The van der Waals surface area contributed by atoms with E-state index >= 15 is 0 Å². The van der Waals surface area contributed by atoms with Crippen molar-refractivity contribution in [2.75, 3.05) is 18.5 Å². The first-order valence-electron chi connectivity index (χ1n) is 6.24. The second kappa shape index (κ2) is 6.11. The Balaban J connectivity index is 0.00000147. The standard InChI is InChI=1S/C13H16N4O2.ClH/c1-17(13-16-15-12(7-14)19-13)8-10-6-9-4-2-3-5-11(9)18-10;/h2-5,10H,6-8,14H2,1H3;1H. The first-order valence-corrected chi connectivity index (χ1v) is 6.24. The Morgan fingerprint density at radius 1 is 1.35 bits per heavy atom. The zero-order chi connectivity index (χ0) is 13.2. The number of nitrogens with two attached hydrogens (primary N) is 1. The van der Waals surface area contributed by atoms with Gasteiger partial charge < -0.3 is 19.8 Å². The molecule has 0 saturated carbocycles. The highest BCUT2D eigenvalue weighted by molar-refractivity contribution is 5.85. The number of hydrogen-bond acceptors (Lipinski definition) is 6. The van der Waals surface area contributed by atoms with E-state index < -0.39 is 0 Å². The van der Waals surface area contributed by atoms with E-state index in [2.05, 4.69) is 16.3 Å². The van der Waals surface area contributed by atoms with Crippen LogP contribution in [0.4, 0.5) is 6.01 Å². The number of likely N-dealkylation sites (N-methyl/N-ethyl adjacent to an activating group) is 1. The predicted molar refractivity (Wildman–Crippen MR) is 77.3 cm³/mol. The molecule has 3 rings (SSSR count). The van der Waals surface area contributed by atoms with Gasteiger partial charge in [-0.1, -0.05) is 23.3 Å². The molecular formula is C13H17ClN4O2. The van der Waals surface area contributed by atoms with E-state index in [9.17, 15) is 0 Å². The molecule has 0 bridgehead atoms. The highest BCUT2D eigenvalue weighted by Gasteiger charge is 2.24. The summed E-state index contributed by atoms with van der Waals surface area (Å²) < 4.78 is 11.3. The zero-order valence-electron chi connectivity index (χ0n) is 11.2. The van der Waals surface area contributed by atoms with Crippen LogP contribution in [0, 0.1) is 0 Å². The van der Waals surface area contributed by atoms with Gasteiger partial charge in [0, 0.05) is 13.5 Å². The maximum absolute atomic E-state index is 5.88. The number of rotatable bonds is 4. The van der Waals surface area contributed by atoms with Gasteiger partial charge in [-0.25, -0.2) is 0 Å². The Bertz CT molecular complexity index is 550. The maximum Gasteiger partial charge on any atom is 0.318 e.